The molecule has 26 heavy (non-hydrogen) atoms. The molecule has 0 N–H and O–H groups in total. The average Bonchev–Trinajstić information content (AvgIpc) is 2.78. The minimum atomic E-state index is 1.16. The Morgan fingerprint density at radius 1 is 0.462 bits per heavy atom. The van der Waals surface area contributed by atoms with Crippen LogP contribution in [-0.2, 0) is 4.79 Å². The maximum Gasteiger partial charge on any atom is 0.106 e. The summed E-state index contributed by atoms with van der Waals surface area (Å²) in [5, 5.41) is 0. The highest BCUT2D eigenvalue weighted by atomic mass is 16.1. The molecule has 2 aromatic carbocycles. The van der Waals surface area contributed by atoms with Gasteiger partial charge in [0.2, 0.25) is 0 Å². The number of carbonyl (C=O) groups is 1. The number of benzene rings is 2. The summed E-state index contributed by atoms with van der Waals surface area (Å²) in [6.07, 6.45) is 7.31. The molecule has 0 fully saturated rings. The molecule has 0 atom stereocenters. The zero-order valence-corrected chi connectivity index (χ0v) is 14.4. The third kappa shape index (κ3) is 5.80. The van der Waals surface area contributed by atoms with Crippen LogP contribution < -0.4 is 0 Å². The van der Waals surface area contributed by atoms with Crippen LogP contribution in [0.2, 0.25) is 0 Å². The fourth-order valence-corrected chi connectivity index (χ4v) is 2.33. The van der Waals surface area contributed by atoms with Crippen molar-refractivity contribution in [2.24, 2.45) is 0 Å². The maximum absolute atomic E-state index is 8.00. The molecular weight excluding hydrogens is 320 g/mol. The molecule has 4 rings (SSSR count). The van der Waals surface area contributed by atoms with Crippen molar-refractivity contribution in [3.63, 3.8) is 0 Å². The van der Waals surface area contributed by atoms with Gasteiger partial charge in [-0.1, -0.05) is 72.8 Å². The van der Waals surface area contributed by atoms with Gasteiger partial charge in [-0.3, -0.25) is 9.97 Å². The van der Waals surface area contributed by atoms with E-state index >= 15 is 0 Å². The van der Waals surface area contributed by atoms with Crippen molar-refractivity contribution in [3.05, 3.63) is 110 Å². The zero-order valence-electron chi connectivity index (χ0n) is 14.4. The van der Waals surface area contributed by atoms with Gasteiger partial charge in [0, 0.05) is 24.8 Å². The van der Waals surface area contributed by atoms with Gasteiger partial charge in [0.05, 0.1) is 0 Å². The Labute approximate surface area is 154 Å². The SMILES string of the molecule is C=O.c1ccc(-c2cccnc2)cc1.c1ccc(-c2cccnc2)cc1. The molecule has 0 spiro atoms. The molecule has 3 heteroatoms. The highest BCUT2D eigenvalue weighted by Crippen LogP contribution is 2.16. The van der Waals surface area contributed by atoms with Gasteiger partial charge in [-0.05, 0) is 34.4 Å². The second-order valence-electron chi connectivity index (χ2n) is 5.22. The van der Waals surface area contributed by atoms with E-state index in [1.54, 1.807) is 12.4 Å². The van der Waals surface area contributed by atoms with E-state index in [1.807, 2.05) is 67.7 Å². The summed E-state index contributed by atoms with van der Waals surface area (Å²) in [6.45, 7) is 2.00. The zero-order chi connectivity index (χ0) is 18.5. The van der Waals surface area contributed by atoms with Crippen LogP contribution in [-0.4, -0.2) is 16.8 Å². The van der Waals surface area contributed by atoms with E-state index in [9.17, 15) is 0 Å². The largest absolute Gasteiger partial charge is 0.307 e. The fourth-order valence-electron chi connectivity index (χ4n) is 2.33. The van der Waals surface area contributed by atoms with Gasteiger partial charge < -0.3 is 4.79 Å². The van der Waals surface area contributed by atoms with Crippen molar-refractivity contribution in [1.82, 2.24) is 9.97 Å². The Balaban J connectivity index is 0.000000171. The van der Waals surface area contributed by atoms with E-state index in [4.69, 9.17) is 4.79 Å². The summed E-state index contributed by atoms with van der Waals surface area (Å²) in [4.78, 5) is 16.1. The second-order valence-corrected chi connectivity index (χ2v) is 5.22. The number of aromatic nitrogens is 2. The Kier molecular flexibility index (Phi) is 7.97. The van der Waals surface area contributed by atoms with Gasteiger partial charge in [-0.15, -0.1) is 0 Å². The first-order valence-electron chi connectivity index (χ1n) is 8.13. The highest BCUT2D eigenvalue weighted by molar-refractivity contribution is 5.62. The Hall–Kier alpha value is -3.59. The normalized spacial score (nSPS) is 9.08. The molecule has 0 saturated heterocycles. The van der Waals surface area contributed by atoms with Crippen molar-refractivity contribution < 1.29 is 4.79 Å². The lowest BCUT2D eigenvalue weighted by Crippen LogP contribution is -1.76. The molecule has 3 nitrogen and oxygen atoms in total. The predicted molar refractivity (Wildman–Crippen MR) is 106 cm³/mol. The second kappa shape index (κ2) is 11.0. The van der Waals surface area contributed by atoms with E-state index in [1.165, 1.54) is 11.1 Å². The first-order valence-corrected chi connectivity index (χ1v) is 8.13. The van der Waals surface area contributed by atoms with Gasteiger partial charge >= 0.3 is 0 Å². The van der Waals surface area contributed by atoms with Gasteiger partial charge in [-0.25, -0.2) is 0 Å². The monoisotopic (exact) mass is 340 g/mol. The lowest BCUT2D eigenvalue weighted by Gasteiger charge is -1.97. The summed E-state index contributed by atoms with van der Waals surface area (Å²) in [7, 11) is 0. The van der Waals surface area contributed by atoms with Crippen molar-refractivity contribution in [1.29, 1.82) is 0 Å². The molecule has 2 aromatic heterocycles. The number of carbonyl (C=O) groups excluding carboxylic acids is 1. The van der Waals surface area contributed by atoms with Crippen LogP contribution >= 0.6 is 0 Å². The summed E-state index contributed by atoms with van der Waals surface area (Å²) >= 11 is 0. The summed E-state index contributed by atoms with van der Waals surface area (Å²) < 4.78 is 0. The summed E-state index contributed by atoms with van der Waals surface area (Å²) in [6, 6.07) is 28.5. The molecule has 0 saturated carbocycles. The molecule has 0 bridgehead atoms. The van der Waals surface area contributed by atoms with Crippen molar-refractivity contribution in [2.75, 3.05) is 0 Å². The van der Waals surface area contributed by atoms with E-state index in [0.29, 0.717) is 0 Å². The van der Waals surface area contributed by atoms with E-state index in [2.05, 4.69) is 46.4 Å². The van der Waals surface area contributed by atoms with Gasteiger partial charge in [-0.2, -0.15) is 0 Å². The predicted octanol–water partition coefficient (Wildman–Crippen LogP) is 5.31. The Morgan fingerprint density at radius 3 is 1.12 bits per heavy atom. The van der Waals surface area contributed by atoms with Crippen LogP contribution in [0.3, 0.4) is 0 Å². The molecule has 0 radical (unpaired) electrons. The van der Waals surface area contributed by atoms with Crippen LogP contribution in [0.5, 0.6) is 0 Å². The number of nitrogens with zero attached hydrogens (tertiary/aromatic N) is 2. The number of hydrogen-bond acceptors (Lipinski definition) is 3. The Morgan fingerprint density at radius 2 is 0.808 bits per heavy atom. The topological polar surface area (TPSA) is 42.9 Å². The molecule has 0 aliphatic rings. The van der Waals surface area contributed by atoms with Crippen molar-refractivity contribution in [2.45, 2.75) is 0 Å². The van der Waals surface area contributed by atoms with Crippen LogP contribution in [0.15, 0.2) is 110 Å². The molecular formula is C23H20N2O. The van der Waals surface area contributed by atoms with Crippen LogP contribution in [0.1, 0.15) is 0 Å². The number of rotatable bonds is 2. The van der Waals surface area contributed by atoms with Crippen molar-refractivity contribution in [3.8, 4) is 22.3 Å². The summed E-state index contributed by atoms with van der Waals surface area (Å²) in [5.74, 6) is 0. The van der Waals surface area contributed by atoms with Crippen molar-refractivity contribution >= 4 is 6.79 Å². The third-order valence-electron chi connectivity index (χ3n) is 3.54. The van der Waals surface area contributed by atoms with E-state index in [-0.39, 0.29) is 0 Å². The summed E-state index contributed by atoms with van der Waals surface area (Å²) in [5.41, 5.74) is 4.76. The van der Waals surface area contributed by atoms with E-state index in [0.717, 1.165) is 11.1 Å². The smallest absolute Gasteiger partial charge is 0.106 e. The first kappa shape index (κ1) is 18.7. The quantitative estimate of drug-likeness (QED) is 0.496. The number of hydrogen-bond donors (Lipinski definition) is 0. The van der Waals surface area contributed by atoms with Gasteiger partial charge in [0.1, 0.15) is 6.79 Å². The van der Waals surface area contributed by atoms with Crippen LogP contribution in [0.25, 0.3) is 22.3 Å². The van der Waals surface area contributed by atoms with Crippen LogP contribution in [0.4, 0.5) is 0 Å². The average molecular weight is 340 g/mol. The first-order chi connectivity index (χ1) is 12.9. The Bertz CT molecular complexity index is 701. The molecule has 0 aliphatic heterocycles. The molecule has 0 unspecified atom stereocenters. The van der Waals surface area contributed by atoms with E-state index < -0.39 is 0 Å². The lowest BCUT2D eigenvalue weighted by molar-refractivity contribution is -0.0979. The van der Waals surface area contributed by atoms with Gasteiger partial charge in [0.15, 0.2) is 0 Å². The molecule has 0 aliphatic carbocycles. The lowest BCUT2D eigenvalue weighted by atomic mass is 10.1. The molecule has 0 amide bonds. The minimum absolute atomic E-state index is 1.16. The number of pyridine rings is 2. The minimum Gasteiger partial charge on any atom is -0.307 e. The van der Waals surface area contributed by atoms with Gasteiger partial charge in [0.25, 0.3) is 0 Å². The standard InChI is InChI=1S/2C11H9N.CH2O/c2*1-2-5-10(6-3-1)11-7-4-8-12-9-11;1-2/h2*1-9H;1H2. The molecule has 128 valence electrons. The fraction of sp³-hybridized carbons (Fsp3) is 0. The molecule has 2 heterocycles. The van der Waals surface area contributed by atoms with Crippen LogP contribution in [0, 0.1) is 0 Å². The third-order valence-corrected chi connectivity index (χ3v) is 3.54. The maximum atomic E-state index is 8.00. The molecule has 4 aromatic rings. The highest BCUT2D eigenvalue weighted by Gasteiger charge is 1.93.